The van der Waals surface area contributed by atoms with Crippen molar-refractivity contribution in [2.24, 2.45) is 11.8 Å². The van der Waals surface area contributed by atoms with Crippen LogP contribution in [0.2, 0.25) is 0 Å². The van der Waals surface area contributed by atoms with Crippen LogP contribution in [-0.2, 0) is 27.1 Å². The molecule has 1 aliphatic carbocycles. The Morgan fingerprint density at radius 1 is 0.828 bits per heavy atom. The van der Waals surface area contributed by atoms with Crippen molar-refractivity contribution in [2.45, 2.75) is 44.3 Å². The maximum absolute atomic E-state index is 12.9. The van der Waals surface area contributed by atoms with Gasteiger partial charge in [0.2, 0.25) is 11.5 Å². The number of aromatic nitrogens is 1. The number of nitrogens with one attached hydrogen (secondary N) is 4. The molecular weight excluding hydrogens is 735 g/mol. The fourth-order valence-electron chi connectivity index (χ4n) is 8.27. The quantitative estimate of drug-likeness (QED) is 0.0604. The molecule has 304 valence electrons. The fraction of sp³-hybridized carbons (Fsp3) is 0.370. The summed E-state index contributed by atoms with van der Waals surface area (Å²) in [7, 11) is 0. The Kier molecular flexibility index (Phi) is 13.8. The number of aromatic amines is 1. The normalized spacial score (nSPS) is 18.2. The van der Waals surface area contributed by atoms with Crippen LogP contribution in [0.25, 0.3) is 22.0 Å². The molecule has 0 spiro atoms. The summed E-state index contributed by atoms with van der Waals surface area (Å²) in [6.07, 6.45) is 2.56. The topological polar surface area (TPSA) is 165 Å². The molecule has 4 atom stereocenters. The van der Waals surface area contributed by atoms with E-state index < -0.39 is 6.10 Å². The molecule has 0 radical (unpaired) electrons. The lowest BCUT2D eigenvalue weighted by Crippen LogP contribution is -2.34. The number of aliphatic hydroxyl groups is 1. The molecular formula is C46H53N5O7. The number of carbonyl (C=O) groups excluding carboxylic acids is 2. The van der Waals surface area contributed by atoms with Gasteiger partial charge in [0.05, 0.1) is 30.5 Å². The number of nitrogens with zero attached hydrogens (tertiary/aromatic N) is 1. The van der Waals surface area contributed by atoms with E-state index in [1.165, 1.54) is 23.3 Å². The van der Waals surface area contributed by atoms with Crippen molar-refractivity contribution in [1.82, 2.24) is 20.5 Å². The van der Waals surface area contributed by atoms with Crippen LogP contribution in [-0.4, -0.2) is 90.7 Å². The van der Waals surface area contributed by atoms with Crippen molar-refractivity contribution >= 4 is 28.6 Å². The fourth-order valence-corrected chi connectivity index (χ4v) is 8.27. The molecule has 1 aliphatic heterocycles. The average molecular weight is 788 g/mol. The summed E-state index contributed by atoms with van der Waals surface area (Å²) in [5.74, 6) is 0.959. The van der Waals surface area contributed by atoms with Gasteiger partial charge in [-0.2, -0.15) is 0 Å². The van der Waals surface area contributed by atoms with E-state index in [1.54, 1.807) is 12.1 Å². The van der Waals surface area contributed by atoms with Gasteiger partial charge in [-0.3, -0.25) is 14.9 Å². The molecule has 58 heavy (non-hydrogen) atoms. The highest BCUT2D eigenvalue weighted by molar-refractivity contribution is 5.91. The number of para-hydroxylation sites is 1. The van der Waals surface area contributed by atoms with Gasteiger partial charge in [0.25, 0.3) is 0 Å². The third-order valence-electron chi connectivity index (χ3n) is 11.3. The van der Waals surface area contributed by atoms with Gasteiger partial charge in [-0.15, -0.1) is 0 Å². The Labute approximate surface area is 338 Å². The molecule has 1 unspecified atom stereocenters. The maximum atomic E-state index is 12.9. The molecule has 2 amide bonds. The number of rotatable bonds is 18. The van der Waals surface area contributed by atoms with Gasteiger partial charge in [-0.25, -0.2) is 4.79 Å². The number of aromatic hydroxyl groups is 1. The minimum atomic E-state index is -0.861. The third-order valence-corrected chi connectivity index (χ3v) is 11.3. The highest BCUT2D eigenvalue weighted by Gasteiger charge is 2.42. The second-order valence-electron chi connectivity index (χ2n) is 15.3. The lowest BCUT2D eigenvalue weighted by atomic mass is 10.0. The van der Waals surface area contributed by atoms with Crippen molar-refractivity contribution in [3.8, 4) is 16.9 Å². The van der Waals surface area contributed by atoms with E-state index in [9.17, 15) is 24.6 Å². The van der Waals surface area contributed by atoms with Crippen LogP contribution in [0.3, 0.4) is 0 Å². The molecule has 1 saturated carbocycles. The van der Waals surface area contributed by atoms with E-state index in [4.69, 9.17) is 9.47 Å². The Morgan fingerprint density at radius 3 is 2.33 bits per heavy atom. The Bertz CT molecular complexity index is 2180. The smallest absolute Gasteiger partial charge is 0.411 e. The van der Waals surface area contributed by atoms with Crippen LogP contribution in [0.1, 0.15) is 42.1 Å². The summed E-state index contributed by atoms with van der Waals surface area (Å²) in [6, 6.07) is 32.6. The number of likely N-dealkylation sites (tertiary alicyclic amines) is 1. The van der Waals surface area contributed by atoms with Crippen LogP contribution in [0.4, 0.5) is 10.5 Å². The van der Waals surface area contributed by atoms with E-state index in [-0.39, 0.29) is 47.9 Å². The Hall–Kier alpha value is -5.53. The predicted octanol–water partition coefficient (Wildman–Crippen LogP) is 5.79. The van der Waals surface area contributed by atoms with Gasteiger partial charge < -0.3 is 40.2 Å². The standard InChI is InChI=1S/C46H53N5O7/c52-41-16-14-38(39-15-17-44(55)50-45(39)41)42(53)28-47-21-22-48-43(54)20-25-57-24-19-32-12-10-31(11-13-32)18-23-51-29-34-26-36(27-35(34)30-51)58-46(56)49-40-9-5-4-8-37(40)33-6-2-1-3-7-33/h1-17,34-36,42,47,52-53H,18-30H2,(H,48,54)(H,49,56)(H,50,55)/t34-,35+,36?,42-/m0/s1. The van der Waals surface area contributed by atoms with Gasteiger partial charge >= 0.3 is 6.09 Å². The average Bonchev–Trinajstić information content (AvgIpc) is 3.79. The van der Waals surface area contributed by atoms with Crippen LogP contribution in [0.5, 0.6) is 5.75 Å². The first-order valence-corrected chi connectivity index (χ1v) is 20.3. The first-order valence-electron chi connectivity index (χ1n) is 20.3. The Morgan fingerprint density at radius 2 is 1.55 bits per heavy atom. The number of phenols is 1. The second kappa shape index (κ2) is 19.8. The molecule has 12 heteroatoms. The van der Waals surface area contributed by atoms with Crippen LogP contribution < -0.4 is 21.5 Å². The molecule has 2 heterocycles. The molecule has 5 aromatic rings. The first kappa shape index (κ1) is 40.7. The van der Waals surface area contributed by atoms with Crippen LogP contribution >= 0.6 is 0 Å². The molecule has 6 N–H and O–H groups in total. The van der Waals surface area contributed by atoms with E-state index >= 15 is 0 Å². The monoisotopic (exact) mass is 787 g/mol. The second-order valence-corrected chi connectivity index (χ2v) is 15.3. The number of H-pyrrole nitrogens is 1. The van der Waals surface area contributed by atoms with E-state index in [0.717, 1.165) is 62.1 Å². The molecule has 0 bridgehead atoms. The summed E-state index contributed by atoms with van der Waals surface area (Å²) < 4.78 is 11.6. The minimum Gasteiger partial charge on any atom is -0.506 e. The lowest BCUT2D eigenvalue weighted by molar-refractivity contribution is -0.122. The summed E-state index contributed by atoms with van der Waals surface area (Å²) in [5, 5.41) is 30.3. The highest BCUT2D eigenvalue weighted by atomic mass is 16.6. The van der Waals surface area contributed by atoms with Crippen molar-refractivity contribution in [2.75, 3.05) is 57.8 Å². The molecule has 7 rings (SSSR count). The zero-order chi connectivity index (χ0) is 40.3. The number of anilines is 1. The number of benzene rings is 4. The van der Waals surface area contributed by atoms with Crippen molar-refractivity contribution in [3.63, 3.8) is 0 Å². The largest absolute Gasteiger partial charge is 0.506 e. The number of hydrogen-bond acceptors (Lipinski definition) is 9. The van der Waals surface area contributed by atoms with Crippen LogP contribution in [0, 0.1) is 11.8 Å². The van der Waals surface area contributed by atoms with Crippen molar-refractivity contribution in [1.29, 1.82) is 0 Å². The van der Waals surface area contributed by atoms with Gasteiger partial charge in [0.1, 0.15) is 11.9 Å². The number of phenolic OH excluding ortho intramolecular Hbond substituents is 1. The number of fused-ring (bicyclic) bond motifs is 2. The molecule has 4 aromatic carbocycles. The van der Waals surface area contributed by atoms with E-state index in [1.807, 2.05) is 54.6 Å². The summed E-state index contributed by atoms with van der Waals surface area (Å²) in [6.45, 7) is 5.09. The molecule has 1 saturated heterocycles. The summed E-state index contributed by atoms with van der Waals surface area (Å²) >= 11 is 0. The number of amides is 2. The Balaban J connectivity index is 0.718. The van der Waals surface area contributed by atoms with Crippen molar-refractivity contribution < 1.29 is 29.3 Å². The van der Waals surface area contributed by atoms with Crippen LogP contribution in [0.15, 0.2) is 108 Å². The van der Waals surface area contributed by atoms with Gasteiger partial charge in [-0.05, 0) is 78.0 Å². The summed E-state index contributed by atoms with van der Waals surface area (Å²) in [5.41, 5.74) is 5.83. The predicted molar refractivity (Wildman–Crippen MR) is 225 cm³/mol. The van der Waals surface area contributed by atoms with Crippen molar-refractivity contribution in [3.05, 3.63) is 130 Å². The lowest BCUT2D eigenvalue weighted by Gasteiger charge is -2.20. The maximum Gasteiger partial charge on any atom is 0.411 e. The number of carbonyl (C=O) groups is 2. The molecule has 1 aromatic heterocycles. The number of hydrogen-bond donors (Lipinski definition) is 6. The van der Waals surface area contributed by atoms with Gasteiger partial charge in [-0.1, -0.05) is 78.9 Å². The molecule has 2 fully saturated rings. The molecule has 2 aliphatic rings. The SMILES string of the molecule is O=C(CCOCCc1ccc(CCN2C[C@H]3CC(OC(=O)Nc4ccccc4-c4ccccc4)C[C@H]3C2)cc1)NCCNC[C@H](O)c1ccc(O)c2[nH]c(=O)ccc12. The zero-order valence-corrected chi connectivity index (χ0v) is 32.7. The third kappa shape index (κ3) is 10.9. The summed E-state index contributed by atoms with van der Waals surface area (Å²) in [4.78, 5) is 41.9. The zero-order valence-electron chi connectivity index (χ0n) is 32.7. The first-order chi connectivity index (χ1) is 28.3. The van der Waals surface area contributed by atoms with Gasteiger partial charge in [0.15, 0.2) is 0 Å². The number of ether oxygens (including phenoxy) is 2. The van der Waals surface area contributed by atoms with Gasteiger partial charge in [0, 0.05) is 62.7 Å². The highest BCUT2D eigenvalue weighted by Crippen LogP contribution is 2.40. The minimum absolute atomic E-state index is 0.0481. The molecule has 12 nitrogen and oxygen atoms in total. The number of aliphatic hydroxyl groups excluding tert-OH is 1. The number of pyridine rings is 1. The van der Waals surface area contributed by atoms with E-state index in [2.05, 4.69) is 50.1 Å². The van der Waals surface area contributed by atoms with E-state index in [0.29, 0.717) is 49.1 Å².